The maximum absolute atomic E-state index is 13.6. The topological polar surface area (TPSA) is 69.5 Å². The molecule has 0 unspecified atom stereocenters. The average molecular weight is 449 g/mol. The van der Waals surface area contributed by atoms with Crippen LogP contribution in [0, 0.1) is 6.92 Å². The van der Waals surface area contributed by atoms with Crippen molar-refractivity contribution in [3.8, 4) is 17.2 Å². The summed E-state index contributed by atoms with van der Waals surface area (Å²) in [6.07, 6.45) is 0. The van der Waals surface area contributed by atoms with Gasteiger partial charge in [-0.25, -0.2) is 4.68 Å². The Labute approximate surface area is 190 Å². The SMILES string of the molecule is COc1cccc(-n2nnc(C(=O)N(Cc3cccs3)Cc3ccccc3OC)c2C)c1. The molecule has 0 aliphatic rings. The van der Waals surface area contributed by atoms with Gasteiger partial charge in [0.05, 0.1) is 38.7 Å². The molecule has 32 heavy (non-hydrogen) atoms. The lowest BCUT2D eigenvalue weighted by Crippen LogP contribution is -2.31. The molecule has 0 aliphatic carbocycles. The molecule has 0 N–H and O–H groups in total. The molecule has 4 rings (SSSR count). The van der Waals surface area contributed by atoms with Crippen molar-refractivity contribution in [1.29, 1.82) is 0 Å². The highest BCUT2D eigenvalue weighted by molar-refractivity contribution is 7.09. The number of para-hydroxylation sites is 1. The Balaban J connectivity index is 1.67. The second-order valence-corrected chi connectivity index (χ2v) is 8.22. The van der Waals surface area contributed by atoms with Crippen LogP contribution in [0.5, 0.6) is 11.5 Å². The maximum atomic E-state index is 13.6. The third kappa shape index (κ3) is 4.50. The van der Waals surface area contributed by atoms with Crippen molar-refractivity contribution in [2.24, 2.45) is 0 Å². The van der Waals surface area contributed by atoms with Gasteiger partial charge in [0, 0.05) is 16.5 Å². The predicted octanol–water partition coefficient (Wildman–Crippen LogP) is 4.50. The van der Waals surface area contributed by atoms with Crippen molar-refractivity contribution in [2.75, 3.05) is 14.2 Å². The van der Waals surface area contributed by atoms with E-state index in [0.29, 0.717) is 30.2 Å². The smallest absolute Gasteiger partial charge is 0.276 e. The zero-order chi connectivity index (χ0) is 22.5. The van der Waals surface area contributed by atoms with Crippen molar-refractivity contribution >= 4 is 17.2 Å². The zero-order valence-electron chi connectivity index (χ0n) is 18.2. The first kappa shape index (κ1) is 21.6. The molecule has 0 saturated heterocycles. The highest BCUT2D eigenvalue weighted by Gasteiger charge is 2.25. The number of carbonyl (C=O) groups excluding carboxylic acids is 1. The lowest BCUT2D eigenvalue weighted by molar-refractivity contribution is 0.0723. The van der Waals surface area contributed by atoms with E-state index in [0.717, 1.165) is 21.9 Å². The number of ether oxygens (including phenoxy) is 2. The third-order valence-electron chi connectivity index (χ3n) is 5.16. The van der Waals surface area contributed by atoms with Gasteiger partial charge in [-0.2, -0.15) is 0 Å². The Morgan fingerprint density at radius 2 is 1.88 bits per heavy atom. The molecule has 2 aromatic heterocycles. The number of benzene rings is 2. The standard InChI is InChI=1S/C24H24N4O3S/c1-17-23(25-26-28(17)19-9-6-10-20(14-19)30-2)24(29)27(16-21-11-7-13-32-21)15-18-8-4-5-12-22(18)31-3/h4-14H,15-16H2,1-3H3. The van der Waals surface area contributed by atoms with E-state index in [1.54, 1.807) is 35.1 Å². The molecule has 0 bridgehead atoms. The number of carbonyl (C=O) groups is 1. The van der Waals surface area contributed by atoms with Gasteiger partial charge in [-0.3, -0.25) is 4.79 Å². The predicted molar refractivity (Wildman–Crippen MR) is 124 cm³/mol. The number of hydrogen-bond acceptors (Lipinski definition) is 6. The van der Waals surface area contributed by atoms with Crippen LogP contribution >= 0.6 is 11.3 Å². The van der Waals surface area contributed by atoms with Crippen LogP contribution in [0.2, 0.25) is 0 Å². The molecule has 0 fully saturated rings. The molecule has 4 aromatic rings. The van der Waals surface area contributed by atoms with E-state index in [4.69, 9.17) is 9.47 Å². The normalized spacial score (nSPS) is 10.7. The van der Waals surface area contributed by atoms with Gasteiger partial charge in [0.1, 0.15) is 11.5 Å². The molecule has 164 valence electrons. The highest BCUT2D eigenvalue weighted by Crippen LogP contribution is 2.24. The maximum Gasteiger partial charge on any atom is 0.276 e. The molecule has 7 nitrogen and oxygen atoms in total. The number of thiophene rings is 1. The first-order valence-electron chi connectivity index (χ1n) is 10.1. The largest absolute Gasteiger partial charge is 0.497 e. The Kier molecular flexibility index (Phi) is 6.51. The van der Waals surface area contributed by atoms with Crippen LogP contribution in [0.1, 0.15) is 26.6 Å². The second kappa shape index (κ2) is 9.65. The van der Waals surface area contributed by atoms with E-state index in [9.17, 15) is 4.79 Å². The highest BCUT2D eigenvalue weighted by atomic mass is 32.1. The molecule has 1 amide bonds. The summed E-state index contributed by atoms with van der Waals surface area (Å²) in [5.41, 5.74) is 2.69. The molecule has 2 heterocycles. The first-order chi connectivity index (χ1) is 15.6. The van der Waals surface area contributed by atoms with Gasteiger partial charge >= 0.3 is 0 Å². The summed E-state index contributed by atoms with van der Waals surface area (Å²) in [6, 6.07) is 19.2. The number of nitrogens with zero attached hydrogens (tertiary/aromatic N) is 4. The van der Waals surface area contributed by atoms with Gasteiger partial charge in [-0.05, 0) is 36.6 Å². The van der Waals surface area contributed by atoms with Gasteiger partial charge in [-0.1, -0.05) is 35.5 Å². The van der Waals surface area contributed by atoms with E-state index >= 15 is 0 Å². The molecular weight excluding hydrogens is 424 g/mol. The fourth-order valence-corrected chi connectivity index (χ4v) is 4.21. The number of aromatic nitrogens is 3. The molecule has 0 spiro atoms. The Morgan fingerprint density at radius 1 is 1.03 bits per heavy atom. The first-order valence-corrected chi connectivity index (χ1v) is 11.0. The van der Waals surface area contributed by atoms with E-state index in [1.807, 2.05) is 73.0 Å². The third-order valence-corrected chi connectivity index (χ3v) is 6.02. The van der Waals surface area contributed by atoms with Crippen molar-refractivity contribution in [3.05, 3.63) is 87.9 Å². The molecule has 0 atom stereocenters. The lowest BCUT2D eigenvalue weighted by atomic mass is 10.1. The molecule has 8 heteroatoms. The Morgan fingerprint density at radius 3 is 2.62 bits per heavy atom. The van der Waals surface area contributed by atoms with Crippen molar-refractivity contribution in [1.82, 2.24) is 19.9 Å². The molecule has 0 radical (unpaired) electrons. The van der Waals surface area contributed by atoms with Gasteiger partial charge in [-0.15, -0.1) is 16.4 Å². The van der Waals surface area contributed by atoms with Gasteiger partial charge in [0.25, 0.3) is 5.91 Å². The lowest BCUT2D eigenvalue weighted by Gasteiger charge is -2.22. The van der Waals surface area contributed by atoms with Crippen LogP contribution in [-0.4, -0.2) is 40.0 Å². The van der Waals surface area contributed by atoms with Crippen LogP contribution in [0.4, 0.5) is 0 Å². The fraction of sp³-hybridized carbons (Fsp3) is 0.208. The Hall–Kier alpha value is -3.65. The van der Waals surface area contributed by atoms with Crippen LogP contribution < -0.4 is 9.47 Å². The summed E-state index contributed by atoms with van der Waals surface area (Å²) in [5.74, 6) is 1.27. The molecule has 2 aromatic carbocycles. The summed E-state index contributed by atoms with van der Waals surface area (Å²) in [5, 5.41) is 10.5. The van der Waals surface area contributed by atoms with E-state index in [1.165, 1.54) is 0 Å². The van der Waals surface area contributed by atoms with E-state index in [2.05, 4.69) is 10.3 Å². The van der Waals surface area contributed by atoms with Crippen LogP contribution in [-0.2, 0) is 13.1 Å². The van der Waals surface area contributed by atoms with Gasteiger partial charge in [0.2, 0.25) is 0 Å². The van der Waals surface area contributed by atoms with E-state index in [-0.39, 0.29) is 5.91 Å². The van der Waals surface area contributed by atoms with Crippen LogP contribution in [0.25, 0.3) is 5.69 Å². The number of hydrogen-bond donors (Lipinski definition) is 0. The van der Waals surface area contributed by atoms with E-state index < -0.39 is 0 Å². The van der Waals surface area contributed by atoms with Crippen molar-refractivity contribution < 1.29 is 14.3 Å². The number of rotatable bonds is 8. The monoisotopic (exact) mass is 448 g/mol. The molecular formula is C24H24N4O3S. The summed E-state index contributed by atoms with van der Waals surface area (Å²) >= 11 is 1.61. The zero-order valence-corrected chi connectivity index (χ0v) is 19.0. The summed E-state index contributed by atoms with van der Waals surface area (Å²) in [6.45, 7) is 2.71. The second-order valence-electron chi connectivity index (χ2n) is 7.19. The minimum atomic E-state index is -0.184. The number of methoxy groups -OCH3 is 2. The van der Waals surface area contributed by atoms with Crippen molar-refractivity contribution in [2.45, 2.75) is 20.0 Å². The Bertz CT molecular complexity index is 1200. The minimum Gasteiger partial charge on any atom is -0.497 e. The fourth-order valence-electron chi connectivity index (χ4n) is 3.49. The van der Waals surface area contributed by atoms with Gasteiger partial charge < -0.3 is 14.4 Å². The number of amides is 1. The van der Waals surface area contributed by atoms with Crippen LogP contribution in [0.15, 0.2) is 66.0 Å². The average Bonchev–Trinajstić information content (AvgIpc) is 3.48. The minimum absolute atomic E-state index is 0.184. The summed E-state index contributed by atoms with van der Waals surface area (Å²) in [7, 11) is 3.25. The summed E-state index contributed by atoms with van der Waals surface area (Å²) in [4.78, 5) is 16.5. The summed E-state index contributed by atoms with van der Waals surface area (Å²) < 4.78 is 12.5. The quantitative estimate of drug-likeness (QED) is 0.397. The van der Waals surface area contributed by atoms with Crippen molar-refractivity contribution in [3.63, 3.8) is 0 Å². The molecule has 0 saturated carbocycles. The molecule has 0 aliphatic heterocycles. The van der Waals surface area contributed by atoms with Crippen LogP contribution in [0.3, 0.4) is 0 Å². The van der Waals surface area contributed by atoms with Gasteiger partial charge in [0.15, 0.2) is 5.69 Å².